The number of imidazole rings is 1. The average Bonchev–Trinajstić information content (AvgIpc) is 3.18. The summed E-state index contributed by atoms with van der Waals surface area (Å²) in [5, 5.41) is 5.74. The molecule has 0 radical (unpaired) electrons. The molecule has 0 spiro atoms. The van der Waals surface area contributed by atoms with Crippen LogP contribution in [0.25, 0.3) is 11.0 Å². The molecule has 4 rings (SSSR count). The van der Waals surface area contributed by atoms with Crippen molar-refractivity contribution in [1.29, 1.82) is 0 Å². The van der Waals surface area contributed by atoms with Crippen LogP contribution in [0.2, 0.25) is 0 Å². The molecule has 11 heteroatoms. The van der Waals surface area contributed by atoms with E-state index in [0.717, 1.165) is 6.07 Å². The Hall–Kier alpha value is -3.86. The van der Waals surface area contributed by atoms with Crippen molar-refractivity contribution in [3.63, 3.8) is 0 Å². The first-order valence-electron chi connectivity index (χ1n) is 11.2. The van der Waals surface area contributed by atoms with Gasteiger partial charge in [0.2, 0.25) is 11.9 Å². The number of hydrogen-bond donors (Lipinski definition) is 2. The van der Waals surface area contributed by atoms with E-state index < -0.39 is 18.3 Å². The predicted molar refractivity (Wildman–Crippen MR) is 126 cm³/mol. The van der Waals surface area contributed by atoms with E-state index in [4.69, 9.17) is 4.74 Å². The summed E-state index contributed by atoms with van der Waals surface area (Å²) in [7, 11) is 0. The number of ether oxygens (including phenoxy) is 1. The molecule has 2 aromatic carbocycles. The Kier molecular flexibility index (Phi) is 7.35. The SMILES string of the molecule is CC(=O)OCCCn1c(NC(=O)c2cccc(C(F)F)c2)nc2cc(N3CCNCC3=O)ccc21. The second-order valence-electron chi connectivity index (χ2n) is 8.06. The molecule has 9 nitrogen and oxygen atoms in total. The van der Waals surface area contributed by atoms with Gasteiger partial charge in [0.15, 0.2) is 0 Å². The van der Waals surface area contributed by atoms with E-state index in [-0.39, 0.29) is 36.1 Å². The molecule has 0 aliphatic carbocycles. The number of carbonyl (C=O) groups excluding carboxylic acids is 3. The van der Waals surface area contributed by atoms with Crippen molar-refractivity contribution in [2.24, 2.45) is 0 Å². The lowest BCUT2D eigenvalue weighted by molar-refractivity contribution is -0.141. The fourth-order valence-electron chi connectivity index (χ4n) is 3.92. The van der Waals surface area contributed by atoms with Gasteiger partial charge in [0.05, 0.1) is 24.2 Å². The fraction of sp³-hybridized carbons (Fsp3) is 0.333. The van der Waals surface area contributed by atoms with Crippen LogP contribution >= 0.6 is 0 Å². The molecule has 0 unspecified atom stereocenters. The summed E-state index contributed by atoms with van der Waals surface area (Å²) < 4.78 is 32.9. The molecule has 1 aliphatic rings. The van der Waals surface area contributed by atoms with Gasteiger partial charge in [0.1, 0.15) is 0 Å². The third-order valence-electron chi connectivity index (χ3n) is 5.59. The minimum Gasteiger partial charge on any atom is -0.466 e. The van der Waals surface area contributed by atoms with E-state index in [1.54, 1.807) is 15.5 Å². The van der Waals surface area contributed by atoms with Crippen molar-refractivity contribution in [3.8, 4) is 0 Å². The topological polar surface area (TPSA) is 106 Å². The highest BCUT2D eigenvalue weighted by Crippen LogP contribution is 2.27. The van der Waals surface area contributed by atoms with Crippen LogP contribution in [0.4, 0.5) is 20.4 Å². The van der Waals surface area contributed by atoms with Gasteiger partial charge in [0, 0.05) is 43.4 Å². The molecule has 2 N–H and O–H groups in total. The maximum atomic E-state index is 13.1. The van der Waals surface area contributed by atoms with Crippen LogP contribution in [0.5, 0.6) is 0 Å². The van der Waals surface area contributed by atoms with Gasteiger partial charge < -0.3 is 19.5 Å². The van der Waals surface area contributed by atoms with Gasteiger partial charge in [-0.05, 0) is 36.8 Å². The van der Waals surface area contributed by atoms with Crippen LogP contribution in [0.1, 0.15) is 35.7 Å². The minimum atomic E-state index is -2.69. The zero-order valence-corrected chi connectivity index (χ0v) is 19.1. The number of anilines is 2. The number of fused-ring (bicyclic) bond motifs is 1. The van der Waals surface area contributed by atoms with Crippen molar-refractivity contribution in [2.75, 3.05) is 36.5 Å². The monoisotopic (exact) mass is 485 g/mol. The van der Waals surface area contributed by atoms with Crippen LogP contribution in [0.15, 0.2) is 42.5 Å². The number of carbonyl (C=O) groups is 3. The normalized spacial score (nSPS) is 13.9. The molecule has 1 aliphatic heterocycles. The van der Waals surface area contributed by atoms with Gasteiger partial charge in [0.25, 0.3) is 12.3 Å². The van der Waals surface area contributed by atoms with E-state index >= 15 is 0 Å². The first-order valence-corrected chi connectivity index (χ1v) is 11.2. The quantitative estimate of drug-likeness (QED) is 0.375. The maximum absolute atomic E-state index is 13.1. The first kappa shape index (κ1) is 24.3. The molecular formula is C24H25F2N5O4. The molecule has 35 heavy (non-hydrogen) atoms. The molecule has 1 aromatic heterocycles. The summed E-state index contributed by atoms with van der Waals surface area (Å²) in [4.78, 5) is 42.5. The van der Waals surface area contributed by atoms with E-state index in [2.05, 4.69) is 15.6 Å². The van der Waals surface area contributed by atoms with Crippen molar-refractivity contribution in [1.82, 2.24) is 14.9 Å². The lowest BCUT2D eigenvalue weighted by atomic mass is 10.1. The molecule has 3 aromatic rings. The van der Waals surface area contributed by atoms with Gasteiger partial charge in [-0.25, -0.2) is 13.8 Å². The molecule has 1 fully saturated rings. The molecule has 0 atom stereocenters. The molecule has 1 saturated heterocycles. The van der Waals surface area contributed by atoms with Crippen molar-refractivity contribution in [3.05, 3.63) is 53.6 Å². The molecule has 2 amide bonds. The number of alkyl halides is 2. The smallest absolute Gasteiger partial charge is 0.302 e. The minimum absolute atomic E-state index is 0.0520. The second kappa shape index (κ2) is 10.6. The van der Waals surface area contributed by atoms with Crippen LogP contribution in [0, 0.1) is 0 Å². The number of amides is 2. The lowest BCUT2D eigenvalue weighted by Crippen LogP contribution is -2.48. The van der Waals surface area contributed by atoms with E-state index in [9.17, 15) is 23.2 Å². The van der Waals surface area contributed by atoms with Crippen molar-refractivity contribution in [2.45, 2.75) is 26.3 Å². The first-order chi connectivity index (χ1) is 16.8. The molecular weight excluding hydrogens is 460 g/mol. The van der Waals surface area contributed by atoms with Crippen molar-refractivity contribution >= 4 is 40.5 Å². The average molecular weight is 485 g/mol. The van der Waals surface area contributed by atoms with Gasteiger partial charge in [-0.15, -0.1) is 0 Å². The Labute approximate surface area is 200 Å². The van der Waals surface area contributed by atoms with Gasteiger partial charge in [-0.1, -0.05) is 12.1 Å². The summed E-state index contributed by atoms with van der Waals surface area (Å²) in [6.45, 7) is 3.34. The molecule has 184 valence electrons. The largest absolute Gasteiger partial charge is 0.466 e. The Morgan fingerprint density at radius 3 is 2.80 bits per heavy atom. The highest BCUT2D eigenvalue weighted by molar-refractivity contribution is 6.04. The number of halogens is 2. The number of aryl methyl sites for hydroxylation is 1. The number of benzene rings is 2. The zero-order chi connectivity index (χ0) is 24.9. The highest BCUT2D eigenvalue weighted by atomic mass is 19.3. The third-order valence-corrected chi connectivity index (χ3v) is 5.59. The third kappa shape index (κ3) is 5.62. The molecule has 0 saturated carbocycles. The van der Waals surface area contributed by atoms with Gasteiger partial charge in [-0.3, -0.25) is 19.7 Å². The highest BCUT2D eigenvalue weighted by Gasteiger charge is 2.21. The number of piperazine rings is 1. The summed E-state index contributed by atoms with van der Waals surface area (Å²) in [6.07, 6.45) is -2.23. The zero-order valence-electron chi connectivity index (χ0n) is 19.1. The fourth-order valence-corrected chi connectivity index (χ4v) is 3.92. The van der Waals surface area contributed by atoms with Gasteiger partial charge in [-0.2, -0.15) is 0 Å². The number of nitrogens with zero attached hydrogens (tertiary/aromatic N) is 3. The molecule has 2 heterocycles. The van der Waals surface area contributed by atoms with Crippen LogP contribution in [0.3, 0.4) is 0 Å². The summed E-state index contributed by atoms with van der Waals surface area (Å²) in [6, 6.07) is 10.6. The summed E-state index contributed by atoms with van der Waals surface area (Å²) >= 11 is 0. The van der Waals surface area contributed by atoms with Crippen LogP contribution in [-0.4, -0.2) is 53.6 Å². The van der Waals surface area contributed by atoms with E-state index in [1.165, 1.54) is 25.1 Å². The number of esters is 1. The van der Waals surface area contributed by atoms with Gasteiger partial charge >= 0.3 is 5.97 Å². The number of nitrogens with one attached hydrogen (secondary N) is 2. The summed E-state index contributed by atoms with van der Waals surface area (Å²) in [5.41, 5.74) is 1.77. The van der Waals surface area contributed by atoms with E-state index in [1.807, 2.05) is 12.1 Å². The standard InChI is InChI=1S/C24H25F2N5O4/c1-15(32)35-11-3-9-31-20-7-6-18(30-10-8-27-14-21(30)33)13-19(20)28-24(31)29-23(34)17-5-2-4-16(12-17)22(25)26/h2,4-7,12-13,22,27H,3,8-11,14H2,1H3,(H,28,29,34). The summed E-state index contributed by atoms with van der Waals surface area (Å²) in [5.74, 6) is -0.803. The van der Waals surface area contributed by atoms with E-state index in [0.29, 0.717) is 42.8 Å². The maximum Gasteiger partial charge on any atom is 0.302 e. The van der Waals surface area contributed by atoms with Crippen molar-refractivity contribution < 1.29 is 27.9 Å². The Bertz CT molecular complexity index is 1260. The number of hydrogen-bond acceptors (Lipinski definition) is 6. The number of aromatic nitrogens is 2. The lowest BCUT2D eigenvalue weighted by Gasteiger charge is -2.27. The Morgan fingerprint density at radius 1 is 1.23 bits per heavy atom. The Balaban J connectivity index is 1.64. The predicted octanol–water partition coefficient (Wildman–Crippen LogP) is 3.12. The number of rotatable bonds is 8. The Morgan fingerprint density at radius 2 is 2.06 bits per heavy atom. The van der Waals surface area contributed by atoms with Crippen LogP contribution in [-0.2, 0) is 20.9 Å². The second-order valence-corrected chi connectivity index (χ2v) is 8.06. The molecule has 0 bridgehead atoms. The van der Waals surface area contributed by atoms with Crippen LogP contribution < -0.4 is 15.5 Å².